The third-order valence-corrected chi connectivity index (χ3v) is 4.94. The van der Waals surface area contributed by atoms with E-state index in [4.69, 9.17) is 11.6 Å². The van der Waals surface area contributed by atoms with Crippen molar-refractivity contribution in [3.05, 3.63) is 38.9 Å². The topological polar surface area (TPSA) is 55.2 Å². The summed E-state index contributed by atoms with van der Waals surface area (Å²) in [6.45, 7) is 0. The minimum atomic E-state index is -0.350. The molecule has 1 aliphatic heterocycles. The Morgan fingerprint density at radius 3 is 3.00 bits per heavy atom. The molecule has 0 radical (unpaired) electrons. The molecule has 1 aliphatic rings. The smallest absolute Gasteiger partial charge is 0.274 e. The van der Waals surface area contributed by atoms with Crippen molar-refractivity contribution in [1.82, 2.24) is 5.32 Å². The Labute approximate surface area is 115 Å². The molecule has 1 aromatic rings. The van der Waals surface area contributed by atoms with Crippen LogP contribution in [0.1, 0.15) is 5.56 Å². The molecule has 2 unspecified atom stereocenters. The zero-order chi connectivity index (χ0) is 13.1. The van der Waals surface area contributed by atoms with Gasteiger partial charge in [-0.2, -0.15) is 11.8 Å². The Balaban J connectivity index is 2.25. The molecule has 0 aliphatic carbocycles. The van der Waals surface area contributed by atoms with Crippen LogP contribution in [0.3, 0.4) is 0 Å². The highest BCUT2D eigenvalue weighted by Gasteiger charge is 2.29. The second kappa shape index (κ2) is 5.91. The molecule has 1 aromatic carbocycles. The van der Waals surface area contributed by atoms with Crippen LogP contribution < -0.4 is 5.32 Å². The maximum Gasteiger partial charge on any atom is 0.274 e. The van der Waals surface area contributed by atoms with Crippen LogP contribution in [0.15, 0.2) is 18.2 Å². The average Bonchev–Trinajstić information content (AvgIpc) is 2.78. The molecule has 2 atom stereocenters. The Bertz CT molecular complexity index is 456. The molecule has 0 saturated carbocycles. The number of benzene rings is 1. The minimum Gasteiger partial charge on any atom is -0.316 e. The molecule has 4 nitrogen and oxygen atoms in total. The van der Waals surface area contributed by atoms with Crippen LogP contribution in [-0.2, 0) is 6.42 Å². The summed E-state index contributed by atoms with van der Waals surface area (Å²) >= 11 is 7.99. The predicted molar refractivity (Wildman–Crippen MR) is 75.5 cm³/mol. The number of nitro groups is 1. The number of nitrogens with one attached hydrogen (secondary N) is 1. The van der Waals surface area contributed by atoms with Gasteiger partial charge in [0.15, 0.2) is 0 Å². The molecule has 98 valence electrons. The molecule has 0 spiro atoms. The van der Waals surface area contributed by atoms with E-state index in [1.54, 1.807) is 12.1 Å². The summed E-state index contributed by atoms with van der Waals surface area (Å²) in [4.78, 5) is 10.7. The van der Waals surface area contributed by atoms with Crippen LogP contribution in [0.25, 0.3) is 0 Å². The van der Waals surface area contributed by atoms with Gasteiger partial charge in [-0.25, -0.2) is 0 Å². The number of nitrogens with zero attached hydrogens (tertiary/aromatic N) is 1. The average molecular weight is 287 g/mol. The number of thioether (sulfide) groups is 1. The molecule has 1 saturated heterocycles. The lowest BCUT2D eigenvalue weighted by atomic mass is 9.94. The first-order valence-electron chi connectivity index (χ1n) is 5.80. The number of hydrogen-bond donors (Lipinski definition) is 1. The predicted octanol–water partition coefficient (Wildman–Crippen LogP) is 2.74. The summed E-state index contributed by atoms with van der Waals surface area (Å²) in [7, 11) is 1.94. The zero-order valence-electron chi connectivity index (χ0n) is 10.1. The summed E-state index contributed by atoms with van der Waals surface area (Å²) in [5, 5.41) is 14.8. The Kier molecular flexibility index (Phi) is 4.48. The van der Waals surface area contributed by atoms with E-state index in [0.717, 1.165) is 11.5 Å². The van der Waals surface area contributed by atoms with Gasteiger partial charge in [-0.15, -0.1) is 0 Å². The van der Waals surface area contributed by atoms with Crippen molar-refractivity contribution in [2.45, 2.75) is 12.5 Å². The van der Waals surface area contributed by atoms with Crippen molar-refractivity contribution < 1.29 is 4.92 Å². The largest absolute Gasteiger partial charge is 0.316 e. The fraction of sp³-hybridized carbons (Fsp3) is 0.500. The van der Waals surface area contributed by atoms with E-state index < -0.39 is 0 Å². The van der Waals surface area contributed by atoms with Gasteiger partial charge in [0.25, 0.3) is 5.69 Å². The van der Waals surface area contributed by atoms with Gasteiger partial charge < -0.3 is 5.32 Å². The van der Waals surface area contributed by atoms with E-state index in [9.17, 15) is 10.1 Å². The van der Waals surface area contributed by atoms with Gasteiger partial charge in [0.2, 0.25) is 0 Å². The molecule has 1 fully saturated rings. The van der Waals surface area contributed by atoms with Crippen LogP contribution in [-0.4, -0.2) is 29.5 Å². The van der Waals surface area contributed by atoms with Crippen molar-refractivity contribution in [2.75, 3.05) is 18.6 Å². The van der Waals surface area contributed by atoms with Gasteiger partial charge >= 0.3 is 0 Å². The third kappa shape index (κ3) is 2.79. The van der Waals surface area contributed by atoms with Crippen LogP contribution in [0.4, 0.5) is 5.69 Å². The summed E-state index contributed by atoms with van der Waals surface area (Å²) in [6, 6.07) is 5.28. The lowest BCUT2D eigenvalue weighted by molar-refractivity contribution is -0.385. The van der Waals surface area contributed by atoms with Gasteiger partial charge in [-0.1, -0.05) is 17.7 Å². The first-order chi connectivity index (χ1) is 8.63. The van der Waals surface area contributed by atoms with Crippen LogP contribution in [0.2, 0.25) is 5.02 Å². The van der Waals surface area contributed by atoms with E-state index >= 15 is 0 Å². The molecule has 1 N–H and O–H groups in total. The second-order valence-electron chi connectivity index (χ2n) is 4.39. The van der Waals surface area contributed by atoms with Crippen molar-refractivity contribution in [3.8, 4) is 0 Å². The molecule has 2 rings (SSSR count). The van der Waals surface area contributed by atoms with Crippen molar-refractivity contribution in [1.29, 1.82) is 0 Å². The highest BCUT2D eigenvalue weighted by atomic mass is 35.5. The Hall–Kier alpha value is -0.780. The van der Waals surface area contributed by atoms with E-state index in [1.165, 1.54) is 6.07 Å². The zero-order valence-corrected chi connectivity index (χ0v) is 11.6. The lowest BCUT2D eigenvalue weighted by Gasteiger charge is -2.18. The molecule has 1 heterocycles. The Morgan fingerprint density at radius 1 is 1.56 bits per heavy atom. The first-order valence-corrected chi connectivity index (χ1v) is 7.33. The van der Waals surface area contributed by atoms with Crippen LogP contribution in [0, 0.1) is 16.0 Å². The van der Waals surface area contributed by atoms with Crippen molar-refractivity contribution >= 4 is 29.1 Å². The number of nitro benzene ring substituents is 1. The molecule has 6 heteroatoms. The van der Waals surface area contributed by atoms with E-state index in [0.29, 0.717) is 29.0 Å². The number of rotatable bonds is 4. The first kappa shape index (κ1) is 13.6. The van der Waals surface area contributed by atoms with Crippen molar-refractivity contribution in [2.24, 2.45) is 5.92 Å². The highest BCUT2D eigenvalue weighted by Crippen LogP contribution is 2.33. The third-order valence-electron chi connectivity index (χ3n) is 3.33. The lowest BCUT2D eigenvalue weighted by Crippen LogP contribution is -2.33. The molecular weight excluding hydrogens is 272 g/mol. The molecule has 0 amide bonds. The standard InChI is InChI=1S/C12H15ClN2O2S/c1-14-11-7-18-6-8(11)5-9-10(13)3-2-4-12(9)15(16)17/h2-4,8,11,14H,5-7H2,1H3. The molecule has 0 bridgehead atoms. The van der Waals surface area contributed by atoms with Gasteiger partial charge in [0, 0.05) is 23.4 Å². The normalized spacial score (nSPS) is 23.2. The van der Waals surface area contributed by atoms with Gasteiger partial charge in [0.05, 0.1) is 9.95 Å². The molecular formula is C12H15ClN2O2S. The minimum absolute atomic E-state index is 0.134. The quantitative estimate of drug-likeness (QED) is 0.683. The molecule has 0 aromatic heterocycles. The number of hydrogen-bond acceptors (Lipinski definition) is 4. The van der Waals surface area contributed by atoms with E-state index in [-0.39, 0.29) is 10.6 Å². The SMILES string of the molecule is CNC1CSCC1Cc1c(Cl)cccc1[N+](=O)[O-]. The van der Waals surface area contributed by atoms with Gasteiger partial charge in [0.1, 0.15) is 0 Å². The Morgan fingerprint density at radius 2 is 2.33 bits per heavy atom. The highest BCUT2D eigenvalue weighted by molar-refractivity contribution is 7.99. The van der Waals surface area contributed by atoms with Gasteiger partial charge in [-0.3, -0.25) is 10.1 Å². The van der Waals surface area contributed by atoms with Crippen molar-refractivity contribution in [3.63, 3.8) is 0 Å². The fourth-order valence-electron chi connectivity index (χ4n) is 2.30. The van der Waals surface area contributed by atoms with E-state index in [1.807, 2.05) is 18.8 Å². The summed E-state index contributed by atoms with van der Waals surface area (Å²) in [6.07, 6.45) is 0.661. The number of halogens is 1. The molecule has 18 heavy (non-hydrogen) atoms. The van der Waals surface area contributed by atoms with Gasteiger partial charge in [-0.05, 0) is 31.2 Å². The monoisotopic (exact) mass is 286 g/mol. The maximum atomic E-state index is 11.0. The summed E-state index contributed by atoms with van der Waals surface area (Å²) in [5.41, 5.74) is 0.797. The second-order valence-corrected chi connectivity index (χ2v) is 5.87. The van der Waals surface area contributed by atoms with Crippen LogP contribution in [0.5, 0.6) is 0 Å². The van der Waals surface area contributed by atoms with E-state index in [2.05, 4.69) is 5.32 Å². The summed E-state index contributed by atoms with van der Waals surface area (Å²) in [5.74, 6) is 2.48. The fourth-order valence-corrected chi connectivity index (χ4v) is 4.03. The van der Waals surface area contributed by atoms with Crippen LogP contribution >= 0.6 is 23.4 Å². The summed E-state index contributed by atoms with van der Waals surface area (Å²) < 4.78 is 0. The maximum absolute atomic E-state index is 11.0.